The monoisotopic (exact) mass is 298 g/mol. The zero-order valence-corrected chi connectivity index (χ0v) is 11.6. The maximum absolute atomic E-state index is 13.7. The van der Waals surface area contributed by atoms with Gasteiger partial charge in [0.15, 0.2) is 0 Å². The molecule has 2 saturated heterocycles. The Morgan fingerprint density at radius 3 is 2.33 bits per heavy atom. The molecular weight excluding hydrogens is 281 g/mol. The fourth-order valence-corrected chi connectivity index (χ4v) is 3.38. The highest BCUT2D eigenvalue weighted by atomic mass is 19.1. The van der Waals surface area contributed by atoms with E-state index < -0.39 is 28.9 Å². The van der Waals surface area contributed by atoms with E-state index in [1.54, 1.807) is 0 Å². The fourth-order valence-electron chi connectivity index (χ4n) is 3.38. The summed E-state index contributed by atoms with van der Waals surface area (Å²) in [6, 6.07) is 1.10. The lowest BCUT2D eigenvalue weighted by atomic mass is 9.78. The average Bonchev–Trinajstić information content (AvgIpc) is 2.82. The van der Waals surface area contributed by atoms with Gasteiger partial charge in [0.05, 0.1) is 0 Å². The predicted octanol–water partition coefficient (Wildman–Crippen LogP) is 2.32. The van der Waals surface area contributed by atoms with Gasteiger partial charge in [-0.25, -0.2) is 13.2 Å². The number of hydrogen-bond donors (Lipinski definition) is 1. The molecule has 1 aromatic rings. The van der Waals surface area contributed by atoms with E-state index in [0.29, 0.717) is 25.2 Å². The van der Waals surface area contributed by atoms with Crippen LogP contribution in [0.2, 0.25) is 0 Å². The quantitative estimate of drug-likeness (QED) is 0.863. The maximum Gasteiger partial charge on any atom is 0.259 e. The van der Waals surface area contributed by atoms with Crippen LogP contribution < -0.4 is 5.32 Å². The van der Waals surface area contributed by atoms with E-state index in [2.05, 4.69) is 5.32 Å². The van der Waals surface area contributed by atoms with Crippen molar-refractivity contribution in [2.75, 3.05) is 26.2 Å². The Morgan fingerprint density at radius 2 is 1.71 bits per heavy atom. The third-order valence-electron chi connectivity index (χ3n) is 4.61. The van der Waals surface area contributed by atoms with Crippen molar-refractivity contribution in [3.63, 3.8) is 0 Å². The molecule has 0 saturated carbocycles. The van der Waals surface area contributed by atoms with E-state index in [1.165, 1.54) is 4.90 Å². The van der Waals surface area contributed by atoms with Crippen LogP contribution in [0.5, 0.6) is 0 Å². The van der Waals surface area contributed by atoms with Gasteiger partial charge in [0.1, 0.15) is 23.0 Å². The summed E-state index contributed by atoms with van der Waals surface area (Å²) in [6.07, 6.45) is 2.78. The average molecular weight is 298 g/mol. The number of nitrogens with zero attached hydrogens (tertiary/aromatic N) is 1. The highest BCUT2D eigenvalue weighted by Crippen LogP contribution is 2.39. The van der Waals surface area contributed by atoms with Crippen LogP contribution in [0.4, 0.5) is 13.2 Å². The first-order valence-corrected chi connectivity index (χ1v) is 7.15. The second-order valence-electron chi connectivity index (χ2n) is 5.97. The number of hydrogen-bond acceptors (Lipinski definition) is 2. The summed E-state index contributed by atoms with van der Waals surface area (Å²) in [5, 5.41) is 3.27. The summed E-state index contributed by atoms with van der Waals surface area (Å²) >= 11 is 0. The number of likely N-dealkylation sites (tertiary alicyclic amines) is 1. The normalized spacial score (nSPS) is 21.0. The zero-order chi connectivity index (χ0) is 15.0. The Balaban J connectivity index is 1.81. The van der Waals surface area contributed by atoms with Gasteiger partial charge in [-0.1, -0.05) is 0 Å². The molecule has 0 aliphatic carbocycles. The first-order valence-electron chi connectivity index (χ1n) is 7.15. The maximum atomic E-state index is 13.7. The minimum Gasteiger partial charge on any atom is -0.338 e. The van der Waals surface area contributed by atoms with Crippen molar-refractivity contribution in [2.24, 2.45) is 5.41 Å². The topological polar surface area (TPSA) is 32.3 Å². The van der Waals surface area contributed by atoms with Crippen LogP contribution in [0.1, 0.15) is 29.6 Å². The minimum absolute atomic E-state index is 0.0634. The molecule has 1 N–H and O–H groups in total. The molecule has 1 amide bonds. The van der Waals surface area contributed by atoms with Gasteiger partial charge in [-0.2, -0.15) is 0 Å². The van der Waals surface area contributed by atoms with Gasteiger partial charge in [-0.05, 0) is 37.8 Å². The Labute approximate surface area is 121 Å². The van der Waals surface area contributed by atoms with Crippen molar-refractivity contribution in [3.8, 4) is 0 Å². The number of carbonyl (C=O) groups excluding carboxylic acids is 1. The Morgan fingerprint density at radius 1 is 1.10 bits per heavy atom. The van der Waals surface area contributed by atoms with E-state index in [1.807, 2.05) is 0 Å². The molecule has 0 bridgehead atoms. The predicted molar refractivity (Wildman–Crippen MR) is 71.4 cm³/mol. The number of piperidine rings is 1. The van der Waals surface area contributed by atoms with Crippen molar-refractivity contribution >= 4 is 5.91 Å². The summed E-state index contributed by atoms with van der Waals surface area (Å²) < 4.78 is 40.3. The van der Waals surface area contributed by atoms with E-state index in [9.17, 15) is 18.0 Å². The van der Waals surface area contributed by atoms with Gasteiger partial charge in [-0.3, -0.25) is 4.79 Å². The first-order chi connectivity index (χ1) is 10.0. The number of benzene rings is 1. The summed E-state index contributed by atoms with van der Waals surface area (Å²) in [5.41, 5.74) is -0.587. The molecule has 3 rings (SSSR count). The molecule has 2 heterocycles. The lowest BCUT2D eigenvalue weighted by Gasteiger charge is -2.33. The molecule has 0 aromatic heterocycles. The SMILES string of the molecule is O=C(c1c(F)cc(F)cc1F)N1CCC2(CCNCC2)C1. The molecule has 1 aromatic carbocycles. The Bertz CT molecular complexity index is 547. The second kappa shape index (κ2) is 5.33. The zero-order valence-electron chi connectivity index (χ0n) is 11.6. The molecule has 6 heteroatoms. The van der Waals surface area contributed by atoms with Crippen LogP contribution in [0, 0.1) is 22.9 Å². The molecule has 0 radical (unpaired) electrons. The van der Waals surface area contributed by atoms with Crippen LogP contribution in [0.15, 0.2) is 12.1 Å². The van der Waals surface area contributed by atoms with Gasteiger partial charge >= 0.3 is 0 Å². The molecule has 21 heavy (non-hydrogen) atoms. The standard InChI is InChI=1S/C15H17F3N2O/c16-10-7-11(17)13(12(18)8-10)14(21)20-6-3-15(9-20)1-4-19-5-2-15/h7-8,19H,1-6,9H2. The van der Waals surface area contributed by atoms with Gasteiger partial charge in [0, 0.05) is 25.2 Å². The number of nitrogens with one attached hydrogen (secondary N) is 1. The molecule has 0 atom stereocenters. The van der Waals surface area contributed by atoms with Crippen molar-refractivity contribution in [1.82, 2.24) is 10.2 Å². The van der Waals surface area contributed by atoms with Crippen molar-refractivity contribution in [2.45, 2.75) is 19.3 Å². The van der Waals surface area contributed by atoms with Gasteiger partial charge < -0.3 is 10.2 Å². The largest absolute Gasteiger partial charge is 0.338 e. The number of amides is 1. The number of halogens is 3. The van der Waals surface area contributed by atoms with E-state index in [-0.39, 0.29) is 5.41 Å². The number of carbonyl (C=O) groups is 1. The van der Waals surface area contributed by atoms with Gasteiger partial charge in [0.25, 0.3) is 5.91 Å². The molecule has 1 spiro atoms. The molecule has 114 valence electrons. The molecule has 2 aliphatic heterocycles. The molecular formula is C15H17F3N2O. The van der Waals surface area contributed by atoms with E-state index in [0.717, 1.165) is 32.4 Å². The van der Waals surface area contributed by atoms with Crippen LogP contribution in [0.25, 0.3) is 0 Å². The Hall–Kier alpha value is -1.56. The fraction of sp³-hybridized carbons (Fsp3) is 0.533. The molecule has 3 nitrogen and oxygen atoms in total. The van der Waals surface area contributed by atoms with Crippen molar-refractivity contribution in [1.29, 1.82) is 0 Å². The summed E-state index contributed by atoms with van der Waals surface area (Å²) in [7, 11) is 0. The molecule has 2 fully saturated rings. The summed E-state index contributed by atoms with van der Waals surface area (Å²) in [4.78, 5) is 13.8. The summed E-state index contributed by atoms with van der Waals surface area (Å²) in [5.74, 6) is -3.97. The third-order valence-corrected chi connectivity index (χ3v) is 4.61. The van der Waals surface area contributed by atoms with E-state index in [4.69, 9.17) is 0 Å². The number of rotatable bonds is 1. The minimum atomic E-state index is -1.14. The van der Waals surface area contributed by atoms with Crippen molar-refractivity contribution < 1.29 is 18.0 Å². The van der Waals surface area contributed by atoms with E-state index >= 15 is 0 Å². The Kier molecular flexibility index (Phi) is 3.65. The van der Waals surface area contributed by atoms with Gasteiger partial charge in [-0.15, -0.1) is 0 Å². The highest BCUT2D eigenvalue weighted by molar-refractivity contribution is 5.95. The second-order valence-corrected chi connectivity index (χ2v) is 5.97. The molecule has 2 aliphatic rings. The van der Waals surface area contributed by atoms with Gasteiger partial charge in [0.2, 0.25) is 0 Å². The third kappa shape index (κ3) is 2.64. The highest BCUT2D eigenvalue weighted by Gasteiger charge is 2.41. The van der Waals surface area contributed by atoms with Crippen molar-refractivity contribution in [3.05, 3.63) is 35.1 Å². The lowest BCUT2D eigenvalue weighted by Crippen LogP contribution is -2.40. The van der Waals surface area contributed by atoms with Crippen LogP contribution >= 0.6 is 0 Å². The summed E-state index contributed by atoms with van der Waals surface area (Å²) in [6.45, 7) is 2.82. The van der Waals surface area contributed by atoms with Crippen LogP contribution in [0.3, 0.4) is 0 Å². The lowest BCUT2D eigenvalue weighted by molar-refractivity contribution is 0.0752. The van der Waals surface area contributed by atoms with Crippen LogP contribution in [-0.2, 0) is 0 Å². The van der Waals surface area contributed by atoms with Crippen LogP contribution in [-0.4, -0.2) is 37.0 Å². The molecule has 0 unspecified atom stereocenters. The smallest absolute Gasteiger partial charge is 0.259 e. The first kappa shape index (κ1) is 14.4.